The number of thiophene rings is 1. The Morgan fingerprint density at radius 1 is 1.14 bits per heavy atom. The van der Waals surface area contributed by atoms with E-state index >= 15 is 0 Å². The highest BCUT2D eigenvalue weighted by atomic mass is 32.1. The average molecular weight is 311 g/mol. The van der Waals surface area contributed by atoms with Gasteiger partial charge in [0.05, 0.1) is 6.54 Å². The van der Waals surface area contributed by atoms with Crippen molar-refractivity contribution in [2.75, 3.05) is 6.54 Å². The summed E-state index contributed by atoms with van der Waals surface area (Å²) in [4.78, 5) is 12.9. The predicted octanol–water partition coefficient (Wildman–Crippen LogP) is 3.54. The number of amides is 1. The highest BCUT2D eigenvalue weighted by Gasteiger charge is 2.26. The van der Waals surface area contributed by atoms with Crippen LogP contribution in [0.2, 0.25) is 0 Å². The summed E-state index contributed by atoms with van der Waals surface area (Å²) in [5.41, 5.74) is -0.497. The summed E-state index contributed by atoms with van der Waals surface area (Å²) >= 11 is 1.55. The zero-order chi connectivity index (χ0) is 15.6. The summed E-state index contributed by atoms with van der Waals surface area (Å²) in [6.45, 7) is 1.90. The number of hydrogen-bond acceptors (Lipinski definition) is 3. The molecule has 1 amide bonds. The molecule has 3 aromatic rings. The molecule has 2 N–H and O–H groups in total. The Kier molecular flexibility index (Phi) is 3.96. The lowest BCUT2D eigenvalue weighted by molar-refractivity contribution is 0.0557. The van der Waals surface area contributed by atoms with Gasteiger partial charge >= 0.3 is 0 Å². The number of rotatable bonds is 4. The van der Waals surface area contributed by atoms with Crippen LogP contribution in [0.25, 0.3) is 10.1 Å². The van der Waals surface area contributed by atoms with Crippen LogP contribution in [0.15, 0.2) is 60.7 Å². The highest BCUT2D eigenvalue weighted by molar-refractivity contribution is 7.19. The summed E-state index contributed by atoms with van der Waals surface area (Å²) in [6.07, 6.45) is 0. The Hall–Kier alpha value is -2.17. The largest absolute Gasteiger partial charge is 0.383 e. The summed E-state index contributed by atoms with van der Waals surface area (Å²) in [5, 5.41) is 14.6. The molecular weight excluding hydrogens is 294 g/mol. The minimum absolute atomic E-state index is 0.174. The van der Waals surface area contributed by atoms with Crippen molar-refractivity contribution in [2.45, 2.75) is 12.5 Å². The van der Waals surface area contributed by atoms with Crippen molar-refractivity contribution in [3.8, 4) is 0 Å². The molecule has 1 aromatic heterocycles. The molecule has 4 heteroatoms. The number of fused-ring (bicyclic) bond motifs is 1. The van der Waals surface area contributed by atoms with Gasteiger partial charge in [0.25, 0.3) is 5.91 Å². The van der Waals surface area contributed by atoms with Crippen molar-refractivity contribution < 1.29 is 9.90 Å². The lowest BCUT2D eigenvalue weighted by Gasteiger charge is -2.22. The first-order valence-electron chi connectivity index (χ1n) is 7.11. The summed E-state index contributed by atoms with van der Waals surface area (Å²) in [5.74, 6) is -0.179. The van der Waals surface area contributed by atoms with Crippen molar-refractivity contribution in [2.24, 2.45) is 0 Å². The van der Waals surface area contributed by atoms with Crippen molar-refractivity contribution >= 4 is 27.3 Å². The second-order valence-corrected chi connectivity index (χ2v) is 6.55. The maximum atomic E-state index is 12.1. The van der Waals surface area contributed by atoms with Gasteiger partial charge in [-0.1, -0.05) is 36.4 Å². The molecule has 0 radical (unpaired) electrons. The predicted molar refractivity (Wildman–Crippen MR) is 90.2 cm³/mol. The molecule has 2 aromatic carbocycles. The number of carbonyl (C=O) groups is 1. The molecule has 3 nitrogen and oxygen atoms in total. The number of hydrogen-bond donors (Lipinski definition) is 2. The summed E-state index contributed by atoms with van der Waals surface area (Å²) in [7, 11) is 0. The average Bonchev–Trinajstić information content (AvgIpc) is 2.98. The minimum atomic E-state index is -1.09. The van der Waals surface area contributed by atoms with Crippen LogP contribution < -0.4 is 5.32 Å². The number of benzene rings is 2. The maximum Gasteiger partial charge on any atom is 0.251 e. The van der Waals surface area contributed by atoms with Gasteiger partial charge in [0.2, 0.25) is 0 Å². The Balaban J connectivity index is 1.74. The summed E-state index contributed by atoms with van der Waals surface area (Å²) < 4.78 is 1.13. The highest BCUT2D eigenvalue weighted by Crippen LogP contribution is 2.32. The molecule has 0 aliphatic heterocycles. The first kappa shape index (κ1) is 14.8. The Bertz CT molecular complexity index is 760. The fraction of sp³-hybridized carbons (Fsp3) is 0.167. The number of aliphatic hydroxyl groups is 1. The van der Waals surface area contributed by atoms with E-state index in [-0.39, 0.29) is 12.5 Å². The molecule has 3 rings (SSSR count). The van der Waals surface area contributed by atoms with Crippen LogP contribution in [0, 0.1) is 0 Å². The van der Waals surface area contributed by atoms with Crippen molar-refractivity contribution in [1.29, 1.82) is 0 Å². The van der Waals surface area contributed by atoms with Crippen molar-refractivity contribution in [3.63, 3.8) is 0 Å². The first-order chi connectivity index (χ1) is 10.6. The van der Waals surface area contributed by atoms with Crippen LogP contribution in [0.4, 0.5) is 0 Å². The zero-order valence-electron chi connectivity index (χ0n) is 12.2. The van der Waals surface area contributed by atoms with Crippen LogP contribution in [-0.2, 0) is 5.60 Å². The topological polar surface area (TPSA) is 49.3 Å². The van der Waals surface area contributed by atoms with Gasteiger partial charge in [0.15, 0.2) is 0 Å². The molecule has 0 saturated heterocycles. The van der Waals surface area contributed by atoms with E-state index in [1.54, 1.807) is 30.4 Å². The van der Waals surface area contributed by atoms with E-state index in [1.165, 1.54) is 0 Å². The van der Waals surface area contributed by atoms with Crippen molar-refractivity contribution in [1.82, 2.24) is 5.32 Å². The molecule has 0 aliphatic carbocycles. The van der Waals surface area contributed by atoms with E-state index in [2.05, 4.69) is 5.32 Å². The van der Waals surface area contributed by atoms with Crippen LogP contribution in [0.1, 0.15) is 22.2 Å². The zero-order valence-corrected chi connectivity index (χ0v) is 13.1. The Morgan fingerprint density at radius 2 is 1.82 bits per heavy atom. The van der Waals surface area contributed by atoms with Gasteiger partial charge in [0.1, 0.15) is 5.60 Å². The van der Waals surface area contributed by atoms with E-state index in [0.717, 1.165) is 15.0 Å². The number of nitrogens with one attached hydrogen (secondary N) is 1. The molecule has 1 atom stereocenters. The normalized spacial score (nSPS) is 13.7. The van der Waals surface area contributed by atoms with Gasteiger partial charge in [-0.05, 0) is 36.6 Å². The van der Waals surface area contributed by atoms with Gasteiger partial charge in [-0.2, -0.15) is 0 Å². The molecule has 0 bridgehead atoms. The first-order valence-corrected chi connectivity index (χ1v) is 7.92. The van der Waals surface area contributed by atoms with Crippen LogP contribution >= 0.6 is 11.3 Å². The van der Waals surface area contributed by atoms with Crippen LogP contribution in [0.5, 0.6) is 0 Å². The molecule has 22 heavy (non-hydrogen) atoms. The molecule has 0 spiro atoms. The third kappa shape index (κ3) is 3.03. The molecular formula is C18H17NO2S. The molecule has 0 aliphatic rings. The quantitative estimate of drug-likeness (QED) is 0.774. The Morgan fingerprint density at radius 3 is 2.55 bits per heavy atom. The molecule has 0 saturated carbocycles. The minimum Gasteiger partial charge on any atom is -0.383 e. The smallest absolute Gasteiger partial charge is 0.251 e. The van der Waals surface area contributed by atoms with E-state index in [4.69, 9.17) is 0 Å². The van der Waals surface area contributed by atoms with Gasteiger partial charge in [-0.3, -0.25) is 4.79 Å². The van der Waals surface area contributed by atoms with Gasteiger partial charge in [-0.25, -0.2) is 0 Å². The summed E-state index contributed by atoms with van der Waals surface area (Å²) in [6, 6.07) is 19.0. The van der Waals surface area contributed by atoms with E-state index in [0.29, 0.717) is 5.56 Å². The van der Waals surface area contributed by atoms with Crippen LogP contribution in [0.3, 0.4) is 0 Å². The standard InChI is InChI=1S/C18H17NO2S/c1-18(21,12-19-17(20)13-7-3-2-4-8-13)16-11-14-9-5-6-10-15(14)22-16/h2-11,21H,12H2,1H3,(H,19,20). The van der Waals surface area contributed by atoms with Gasteiger partial charge in [0, 0.05) is 15.1 Å². The van der Waals surface area contributed by atoms with Crippen molar-refractivity contribution in [3.05, 3.63) is 71.1 Å². The third-order valence-corrected chi connectivity index (χ3v) is 4.95. The van der Waals surface area contributed by atoms with Gasteiger partial charge in [-0.15, -0.1) is 11.3 Å². The molecule has 112 valence electrons. The monoisotopic (exact) mass is 311 g/mol. The molecule has 0 fully saturated rings. The second-order valence-electron chi connectivity index (χ2n) is 5.47. The van der Waals surface area contributed by atoms with E-state index < -0.39 is 5.60 Å². The molecule has 1 heterocycles. The third-order valence-electron chi connectivity index (χ3n) is 3.59. The van der Waals surface area contributed by atoms with Gasteiger partial charge < -0.3 is 10.4 Å². The SMILES string of the molecule is CC(O)(CNC(=O)c1ccccc1)c1cc2ccccc2s1. The lowest BCUT2D eigenvalue weighted by Crippen LogP contribution is -2.38. The maximum absolute atomic E-state index is 12.1. The lowest BCUT2D eigenvalue weighted by atomic mass is 10.0. The van der Waals surface area contributed by atoms with E-state index in [9.17, 15) is 9.90 Å². The fourth-order valence-corrected chi connectivity index (χ4v) is 3.38. The second kappa shape index (κ2) is 5.91. The van der Waals surface area contributed by atoms with E-state index in [1.807, 2.05) is 48.5 Å². The number of carbonyl (C=O) groups excluding carboxylic acids is 1. The van der Waals surface area contributed by atoms with Crippen LogP contribution in [-0.4, -0.2) is 17.6 Å². The fourth-order valence-electron chi connectivity index (χ4n) is 2.28. The Labute approximate surface area is 133 Å². The molecule has 1 unspecified atom stereocenters.